The first-order valence-corrected chi connectivity index (χ1v) is 8.72. The predicted octanol–water partition coefficient (Wildman–Crippen LogP) is 4.32. The minimum atomic E-state index is -0.0585. The molecule has 1 unspecified atom stereocenters. The van der Waals surface area contributed by atoms with Crippen LogP contribution in [0, 0.1) is 5.92 Å². The van der Waals surface area contributed by atoms with Gasteiger partial charge >= 0.3 is 0 Å². The molecule has 25 heavy (non-hydrogen) atoms. The molecule has 2 aromatic carbocycles. The van der Waals surface area contributed by atoms with Crippen LogP contribution in [0.2, 0.25) is 0 Å². The number of nitrogens with zero attached hydrogens (tertiary/aromatic N) is 1. The van der Waals surface area contributed by atoms with Gasteiger partial charge in [0.15, 0.2) is 0 Å². The topological polar surface area (TPSA) is 42.0 Å². The summed E-state index contributed by atoms with van der Waals surface area (Å²) in [4.78, 5) is 17.3. The van der Waals surface area contributed by atoms with Gasteiger partial charge in [0, 0.05) is 18.0 Å². The molecule has 1 atom stereocenters. The number of nitrogens with one attached hydrogen (secondary N) is 1. The lowest BCUT2D eigenvalue weighted by Crippen LogP contribution is -2.38. The van der Waals surface area contributed by atoms with E-state index in [0.29, 0.717) is 11.7 Å². The molecule has 3 aromatic rings. The van der Waals surface area contributed by atoms with Crippen molar-refractivity contribution in [2.75, 3.05) is 5.32 Å². The molecule has 122 valence electrons. The molecule has 1 amide bonds. The molecular weight excluding hydrogens is 308 g/mol. The van der Waals surface area contributed by atoms with Crippen LogP contribution in [0.4, 0.5) is 5.82 Å². The number of anilines is 1. The van der Waals surface area contributed by atoms with Crippen LogP contribution in [0.25, 0.3) is 0 Å². The lowest BCUT2D eigenvalue weighted by Gasteiger charge is -2.44. The van der Waals surface area contributed by atoms with E-state index in [0.717, 1.165) is 6.42 Å². The molecule has 0 fully saturated rings. The van der Waals surface area contributed by atoms with Gasteiger partial charge in [-0.25, -0.2) is 4.98 Å². The Labute approximate surface area is 146 Å². The molecule has 0 spiro atoms. The summed E-state index contributed by atoms with van der Waals surface area (Å²) in [7, 11) is 0. The molecule has 2 bridgehead atoms. The van der Waals surface area contributed by atoms with Crippen molar-refractivity contribution in [1.82, 2.24) is 4.98 Å². The summed E-state index contributed by atoms with van der Waals surface area (Å²) in [6.07, 6.45) is 2.56. The number of carbonyl (C=O) groups excluding carboxylic acids is 1. The van der Waals surface area contributed by atoms with Crippen molar-refractivity contribution < 1.29 is 4.79 Å². The Morgan fingerprint density at radius 3 is 2.04 bits per heavy atom. The van der Waals surface area contributed by atoms with E-state index >= 15 is 0 Å². The lowest BCUT2D eigenvalue weighted by molar-refractivity contribution is -0.121. The zero-order valence-corrected chi connectivity index (χ0v) is 13.7. The van der Waals surface area contributed by atoms with Crippen molar-refractivity contribution in [2.45, 2.75) is 18.3 Å². The van der Waals surface area contributed by atoms with Crippen LogP contribution in [0.3, 0.4) is 0 Å². The molecule has 1 heterocycles. The molecule has 3 aliphatic rings. The van der Waals surface area contributed by atoms with Crippen LogP contribution >= 0.6 is 0 Å². The maximum atomic E-state index is 13.0. The third kappa shape index (κ3) is 2.19. The number of carbonyl (C=O) groups is 1. The van der Waals surface area contributed by atoms with Gasteiger partial charge in [-0.05, 0) is 40.8 Å². The highest BCUT2D eigenvalue weighted by molar-refractivity contribution is 5.93. The summed E-state index contributed by atoms with van der Waals surface area (Å²) in [5.41, 5.74) is 5.37. The second-order valence-corrected chi connectivity index (χ2v) is 6.83. The highest BCUT2D eigenvalue weighted by Crippen LogP contribution is 2.55. The summed E-state index contributed by atoms with van der Waals surface area (Å²) in [6.45, 7) is 0. The average Bonchev–Trinajstić information content (AvgIpc) is 2.69. The number of hydrogen-bond donors (Lipinski definition) is 1. The largest absolute Gasteiger partial charge is 0.310 e. The Kier molecular flexibility index (Phi) is 3.20. The number of benzene rings is 2. The second kappa shape index (κ2) is 5.55. The number of rotatable bonds is 2. The van der Waals surface area contributed by atoms with E-state index < -0.39 is 0 Å². The van der Waals surface area contributed by atoms with E-state index in [2.05, 4.69) is 58.8 Å². The van der Waals surface area contributed by atoms with Crippen molar-refractivity contribution >= 4 is 11.7 Å². The summed E-state index contributed by atoms with van der Waals surface area (Å²) < 4.78 is 0. The Hall–Kier alpha value is -2.94. The predicted molar refractivity (Wildman–Crippen MR) is 97.5 cm³/mol. The summed E-state index contributed by atoms with van der Waals surface area (Å²) in [6, 6.07) is 22.7. The zero-order valence-electron chi connectivity index (χ0n) is 13.7. The second-order valence-electron chi connectivity index (χ2n) is 6.83. The fourth-order valence-corrected chi connectivity index (χ4v) is 4.55. The van der Waals surface area contributed by atoms with Gasteiger partial charge in [-0.1, -0.05) is 54.6 Å². The summed E-state index contributed by atoms with van der Waals surface area (Å²) >= 11 is 0. The molecule has 3 heteroatoms. The lowest BCUT2D eigenvalue weighted by atomic mass is 9.59. The number of pyridine rings is 1. The van der Waals surface area contributed by atoms with Gasteiger partial charge in [0.05, 0.1) is 5.92 Å². The number of amides is 1. The smallest absolute Gasteiger partial charge is 0.229 e. The number of aromatic nitrogens is 1. The molecule has 6 rings (SSSR count). The van der Waals surface area contributed by atoms with Crippen molar-refractivity contribution in [2.24, 2.45) is 5.92 Å². The zero-order chi connectivity index (χ0) is 16.8. The summed E-state index contributed by atoms with van der Waals surface area (Å²) in [5.74, 6) is 1.06. The van der Waals surface area contributed by atoms with Gasteiger partial charge in [0.25, 0.3) is 0 Å². The Bertz CT molecular complexity index is 904. The maximum absolute atomic E-state index is 13.0. The minimum Gasteiger partial charge on any atom is -0.310 e. The minimum absolute atomic E-state index is 0.0585. The quantitative estimate of drug-likeness (QED) is 0.762. The molecule has 0 radical (unpaired) electrons. The highest BCUT2D eigenvalue weighted by Gasteiger charge is 2.45. The van der Waals surface area contributed by atoms with E-state index in [1.165, 1.54) is 22.3 Å². The van der Waals surface area contributed by atoms with Crippen molar-refractivity contribution in [3.05, 3.63) is 95.2 Å². The molecule has 1 N–H and O–H groups in total. The summed E-state index contributed by atoms with van der Waals surface area (Å²) in [5, 5.41) is 3.01. The van der Waals surface area contributed by atoms with Crippen LogP contribution in [0.15, 0.2) is 72.9 Å². The van der Waals surface area contributed by atoms with Crippen LogP contribution < -0.4 is 5.32 Å². The fourth-order valence-electron chi connectivity index (χ4n) is 4.55. The van der Waals surface area contributed by atoms with Crippen molar-refractivity contribution in [3.8, 4) is 0 Å². The number of fused-ring (bicyclic) bond motifs is 1. The van der Waals surface area contributed by atoms with Crippen LogP contribution in [-0.4, -0.2) is 10.9 Å². The maximum Gasteiger partial charge on any atom is 0.229 e. The number of hydrogen-bond acceptors (Lipinski definition) is 2. The van der Waals surface area contributed by atoms with Crippen LogP contribution in [-0.2, 0) is 4.79 Å². The first-order chi connectivity index (χ1) is 12.3. The van der Waals surface area contributed by atoms with Crippen LogP contribution in [0.1, 0.15) is 40.5 Å². The molecule has 3 aliphatic carbocycles. The standard InChI is InChI=1S/C22H18N2O/c25-22(24-20-11-5-6-12-23-20)19-13-18-14-7-1-3-9-16(14)21(19)17-10-4-2-8-15(17)18/h1-12,18-19,21H,13H2,(H,23,24,25). The highest BCUT2D eigenvalue weighted by atomic mass is 16.2. The van der Waals surface area contributed by atoms with E-state index in [4.69, 9.17) is 0 Å². The van der Waals surface area contributed by atoms with Gasteiger partial charge < -0.3 is 5.32 Å². The monoisotopic (exact) mass is 326 g/mol. The first-order valence-electron chi connectivity index (χ1n) is 8.72. The van der Waals surface area contributed by atoms with Gasteiger partial charge in [-0.3, -0.25) is 4.79 Å². The Balaban J connectivity index is 1.57. The Morgan fingerprint density at radius 2 is 1.44 bits per heavy atom. The van der Waals surface area contributed by atoms with E-state index in [1.807, 2.05) is 18.2 Å². The van der Waals surface area contributed by atoms with Crippen molar-refractivity contribution in [1.29, 1.82) is 0 Å². The van der Waals surface area contributed by atoms with E-state index in [9.17, 15) is 4.79 Å². The molecule has 0 saturated carbocycles. The third-order valence-electron chi connectivity index (χ3n) is 5.56. The SMILES string of the molecule is O=C(Nc1ccccn1)C1CC2c3ccccc3C1c1ccccc12. The average molecular weight is 326 g/mol. The molecule has 3 nitrogen and oxygen atoms in total. The Morgan fingerprint density at radius 1 is 0.840 bits per heavy atom. The molecule has 1 aromatic heterocycles. The van der Waals surface area contributed by atoms with E-state index in [-0.39, 0.29) is 17.7 Å². The van der Waals surface area contributed by atoms with Gasteiger partial charge in [-0.15, -0.1) is 0 Å². The van der Waals surface area contributed by atoms with E-state index in [1.54, 1.807) is 6.20 Å². The van der Waals surface area contributed by atoms with Crippen LogP contribution in [0.5, 0.6) is 0 Å². The first kappa shape index (κ1) is 14.4. The van der Waals surface area contributed by atoms with Gasteiger partial charge in [0.2, 0.25) is 5.91 Å². The molecule has 0 saturated heterocycles. The normalized spacial score (nSPS) is 22.8. The fraction of sp³-hybridized carbons (Fsp3) is 0.182. The van der Waals surface area contributed by atoms with Gasteiger partial charge in [-0.2, -0.15) is 0 Å². The molecular formula is C22H18N2O. The third-order valence-corrected chi connectivity index (χ3v) is 5.56. The van der Waals surface area contributed by atoms with Crippen molar-refractivity contribution in [3.63, 3.8) is 0 Å². The molecule has 0 aliphatic heterocycles. The van der Waals surface area contributed by atoms with Gasteiger partial charge in [0.1, 0.15) is 5.82 Å².